The molecule has 0 aliphatic rings. The van der Waals surface area contributed by atoms with Crippen molar-refractivity contribution < 1.29 is 24.5 Å². The van der Waals surface area contributed by atoms with E-state index in [0.29, 0.717) is 19.4 Å². The maximum Gasteiger partial charge on any atom is 0.305 e. The van der Waals surface area contributed by atoms with Crippen LogP contribution < -0.4 is 5.32 Å². The third-order valence-corrected chi connectivity index (χ3v) is 14.6. The van der Waals surface area contributed by atoms with Crippen LogP contribution in [0.25, 0.3) is 0 Å². The fraction of sp³-hybridized carbons (Fsp3) is 0.935. The first-order chi connectivity index (χ1) is 33.5. The van der Waals surface area contributed by atoms with E-state index in [9.17, 15) is 19.8 Å². The SMILES string of the molecule is CCCCCCCCCCCCCCCCCCCCCCC/C=C/C(O)C(CO)NC(=O)CCCCCCCCCCCCCCCOC(=O)CCCCCCCCCCCCCCCCC. The first-order valence-corrected chi connectivity index (χ1v) is 31.0. The zero-order valence-corrected chi connectivity index (χ0v) is 46.1. The minimum absolute atomic E-state index is 0.00283. The van der Waals surface area contributed by atoms with Crippen molar-refractivity contribution in [1.29, 1.82) is 0 Å². The molecule has 0 saturated heterocycles. The van der Waals surface area contributed by atoms with Gasteiger partial charge in [-0.2, -0.15) is 0 Å². The van der Waals surface area contributed by atoms with Crippen molar-refractivity contribution in [2.45, 2.75) is 360 Å². The van der Waals surface area contributed by atoms with Crippen molar-refractivity contribution in [2.24, 2.45) is 0 Å². The fourth-order valence-electron chi connectivity index (χ4n) is 9.81. The van der Waals surface area contributed by atoms with Crippen molar-refractivity contribution >= 4 is 11.9 Å². The Morgan fingerprint density at radius 2 is 0.676 bits per heavy atom. The molecule has 404 valence electrons. The zero-order chi connectivity index (χ0) is 49.3. The minimum Gasteiger partial charge on any atom is -0.466 e. The van der Waals surface area contributed by atoms with E-state index < -0.39 is 12.1 Å². The normalized spacial score (nSPS) is 12.6. The quantitative estimate of drug-likeness (QED) is 0.0321. The molecule has 0 bridgehead atoms. The Hall–Kier alpha value is -1.40. The van der Waals surface area contributed by atoms with E-state index in [1.54, 1.807) is 6.08 Å². The molecule has 1 amide bonds. The van der Waals surface area contributed by atoms with Gasteiger partial charge < -0.3 is 20.3 Å². The molecule has 6 heteroatoms. The Bertz CT molecular complexity index is 1020. The van der Waals surface area contributed by atoms with Gasteiger partial charge in [-0.3, -0.25) is 9.59 Å². The predicted octanol–water partition coefficient (Wildman–Crippen LogP) is 19.2. The van der Waals surface area contributed by atoms with E-state index in [4.69, 9.17) is 4.74 Å². The van der Waals surface area contributed by atoms with Crippen LogP contribution in [0, 0.1) is 0 Å². The van der Waals surface area contributed by atoms with E-state index >= 15 is 0 Å². The minimum atomic E-state index is -0.853. The van der Waals surface area contributed by atoms with Gasteiger partial charge in [-0.15, -0.1) is 0 Å². The summed E-state index contributed by atoms with van der Waals surface area (Å²) in [6, 6.07) is -0.638. The number of hydrogen-bond acceptors (Lipinski definition) is 5. The zero-order valence-electron chi connectivity index (χ0n) is 46.1. The van der Waals surface area contributed by atoms with Gasteiger partial charge in [-0.25, -0.2) is 0 Å². The van der Waals surface area contributed by atoms with Crippen molar-refractivity contribution in [1.82, 2.24) is 5.32 Å². The Labute approximate surface area is 425 Å². The summed E-state index contributed by atoms with van der Waals surface area (Å²) >= 11 is 0. The number of nitrogens with one attached hydrogen (secondary N) is 1. The molecule has 0 aromatic carbocycles. The van der Waals surface area contributed by atoms with Crippen LogP contribution in [-0.2, 0) is 14.3 Å². The number of aliphatic hydroxyl groups excluding tert-OH is 2. The first kappa shape index (κ1) is 66.6. The highest BCUT2D eigenvalue weighted by molar-refractivity contribution is 5.76. The molecule has 0 aliphatic heterocycles. The molecule has 2 atom stereocenters. The topological polar surface area (TPSA) is 95.9 Å². The molecule has 3 N–H and O–H groups in total. The average molecular weight is 961 g/mol. The number of ether oxygens (including phenoxy) is 1. The number of unbranched alkanes of at least 4 members (excludes halogenated alkanes) is 47. The van der Waals surface area contributed by atoms with Gasteiger partial charge in [0.1, 0.15) is 0 Å². The van der Waals surface area contributed by atoms with Crippen LogP contribution in [0.2, 0.25) is 0 Å². The summed E-state index contributed by atoms with van der Waals surface area (Å²) < 4.78 is 5.48. The number of carbonyl (C=O) groups excluding carboxylic acids is 2. The number of amides is 1. The van der Waals surface area contributed by atoms with Crippen molar-refractivity contribution in [2.75, 3.05) is 13.2 Å². The summed E-state index contributed by atoms with van der Waals surface area (Å²) in [5.74, 6) is -0.0793. The Balaban J connectivity index is 3.46. The maximum atomic E-state index is 12.5. The second-order valence-corrected chi connectivity index (χ2v) is 21.4. The third kappa shape index (κ3) is 53.9. The molecule has 0 radical (unpaired) electrons. The highest BCUT2D eigenvalue weighted by Crippen LogP contribution is 2.18. The Morgan fingerprint density at radius 3 is 1.00 bits per heavy atom. The molecule has 0 saturated carbocycles. The first-order valence-electron chi connectivity index (χ1n) is 31.0. The summed E-state index contributed by atoms with van der Waals surface area (Å²) in [6.07, 6.45) is 69.6. The standard InChI is InChI=1S/C62H121NO5/c1-3-5-7-9-11-13-15-17-19-20-21-22-23-24-25-26-28-30-34-38-42-46-50-54-60(65)59(58-64)63-61(66)55-51-47-43-39-35-31-29-33-37-41-45-49-53-57-68-62(67)56-52-48-44-40-36-32-27-18-16-14-12-10-8-6-4-2/h50,54,59-60,64-65H,3-49,51-53,55-58H2,1-2H3,(H,63,66)/b54-50+. The number of esters is 1. The van der Waals surface area contributed by atoms with Crippen LogP contribution in [0.4, 0.5) is 0 Å². The number of aliphatic hydroxyl groups is 2. The van der Waals surface area contributed by atoms with E-state index in [-0.39, 0.29) is 18.5 Å². The number of carbonyl (C=O) groups is 2. The van der Waals surface area contributed by atoms with Crippen molar-refractivity contribution in [3.8, 4) is 0 Å². The third-order valence-electron chi connectivity index (χ3n) is 14.6. The van der Waals surface area contributed by atoms with Gasteiger partial charge in [0.15, 0.2) is 0 Å². The van der Waals surface area contributed by atoms with E-state index in [2.05, 4.69) is 19.2 Å². The second kappa shape index (κ2) is 58.2. The Kier molecular flexibility index (Phi) is 57.0. The molecule has 68 heavy (non-hydrogen) atoms. The molecule has 0 rings (SSSR count). The van der Waals surface area contributed by atoms with Gasteiger partial charge in [0.2, 0.25) is 5.91 Å². The van der Waals surface area contributed by atoms with Crippen molar-refractivity contribution in [3.05, 3.63) is 12.2 Å². The van der Waals surface area contributed by atoms with Crippen LogP contribution in [-0.4, -0.2) is 47.4 Å². The summed E-state index contributed by atoms with van der Waals surface area (Å²) in [6.45, 7) is 4.91. The maximum absolute atomic E-state index is 12.5. The molecular weight excluding hydrogens is 839 g/mol. The van der Waals surface area contributed by atoms with Gasteiger partial charge >= 0.3 is 5.97 Å². The number of hydrogen-bond donors (Lipinski definition) is 3. The molecule has 0 spiro atoms. The predicted molar refractivity (Wildman–Crippen MR) is 297 cm³/mol. The van der Waals surface area contributed by atoms with Crippen LogP contribution in [0.15, 0.2) is 12.2 Å². The second-order valence-electron chi connectivity index (χ2n) is 21.4. The lowest BCUT2D eigenvalue weighted by molar-refractivity contribution is -0.143. The summed E-state index contributed by atoms with van der Waals surface area (Å²) in [5, 5.41) is 23.2. The molecule has 0 aromatic heterocycles. The molecule has 2 unspecified atom stereocenters. The van der Waals surface area contributed by atoms with Crippen molar-refractivity contribution in [3.63, 3.8) is 0 Å². The smallest absolute Gasteiger partial charge is 0.305 e. The largest absolute Gasteiger partial charge is 0.466 e. The van der Waals surface area contributed by atoms with E-state index in [1.165, 1.54) is 263 Å². The van der Waals surface area contributed by atoms with Gasteiger partial charge in [0.05, 0.1) is 25.4 Å². The molecular formula is C62H121NO5. The highest BCUT2D eigenvalue weighted by Gasteiger charge is 2.18. The summed E-state index contributed by atoms with van der Waals surface area (Å²) in [7, 11) is 0. The molecule has 0 fully saturated rings. The van der Waals surface area contributed by atoms with Crippen LogP contribution >= 0.6 is 0 Å². The Morgan fingerprint density at radius 1 is 0.397 bits per heavy atom. The van der Waals surface area contributed by atoms with E-state index in [0.717, 1.165) is 57.8 Å². The van der Waals surface area contributed by atoms with Gasteiger partial charge in [-0.1, -0.05) is 315 Å². The number of allylic oxidation sites excluding steroid dienone is 1. The van der Waals surface area contributed by atoms with Gasteiger partial charge in [-0.05, 0) is 32.1 Å². The molecule has 6 nitrogen and oxygen atoms in total. The van der Waals surface area contributed by atoms with Gasteiger partial charge in [0, 0.05) is 12.8 Å². The fourth-order valence-corrected chi connectivity index (χ4v) is 9.81. The highest BCUT2D eigenvalue weighted by atomic mass is 16.5. The lowest BCUT2D eigenvalue weighted by Crippen LogP contribution is -2.45. The van der Waals surface area contributed by atoms with Crippen LogP contribution in [0.1, 0.15) is 348 Å². The van der Waals surface area contributed by atoms with Crippen LogP contribution in [0.5, 0.6) is 0 Å². The molecule has 0 heterocycles. The van der Waals surface area contributed by atoms with Gasteiger partial charge in [0.25, 0.3) is 0 Å². The lowest BCUT2D eigenvalue weighted by Gasteiger charge is -2.20. The monoisotopic (exact) mass is 960 g/mol. The number of rotatable bonds is 58. The lowest BCUT2D eigenvalue weighted by atomic mass is 10.0. The van der Waals surface area contributed by atoms with Crippen LogP contribution in [0.3, 0.4) is 0 Å². The molecule has 0 aromatic rings. The summed E-state index contributed by atoms with van der Waals surface area (Å²) in [5.41, 5.74) is 0. The average Bonchev–Trinajstić information content (AvgIpc) is 3.34. The summed E-state index contributed by atoms with van der Waals surface area (Å²) in [4.78, 5) is 24.6. The van der Waals surface area contributed by atoms with E-state index in [1.807, 2.05) is 6.08 Å². The molecule has 0 aliphatic carbocycles.